The standard InChI is InChI=1S/C13H23NS/c1-4-5-6-7-8-13(14-3)12-9-10-15-11(12)2/h9-10,13-14H,4-8H2,1-3H3. The van der Waals surface area contributed by atoms with Crippen LogP contribution >= 0.6 is 11.3 Å². The molecule has 1 heterocycles. The average molecular weight is 225 g/mol. The van der Waals surface area contributed by atoms with Gasteiger partial charge in [-0.15, -0.1) is 11.3 Å². The van der Waals surface area contributed by atoms with Gasteiger partial charge in [0.1, 0.15) is 0 Å². The largest absolute Gasteiger partial charge is 0.313 e. The van der Waals surface area contributed by atoms with Gasteiger partial charge >= 0.3 is 0 Å². The molecule has 15 heavy (non-hydrogen) atoms. The summed E-state index contributed by atoms with van der Waals surface area (Å²) in [5.74, 6) is 0. The second-order valence-electron chi connectivity index (χ2n) is 4.12. The molecule has 1 aromatic heterocycles. The highest BCUT2D eigenvalue weighted by Gasteiger charge is 2.11. The molecule has 0 radical (unpaired) electrons. The van der Waals surface area contributed by atoms with E-state index in [-0.39, 0.29) is 0 Å². The van der Waals surface area contributed by atoms with Gasteiger partial charge in [0.05, 0.1) is 0 Å². The van der Waals surface area contributed by atoms with E-state index in [0.29, 0.717) is 6.04 Å². The van der Waals surface area contributed by atoms with E-state index in [1.807, 2.05) is 11.3 Å². The molecule has 0 saturated carbocycles. The van der Waals surface area contributed by atoms with Crippen LogP contribution in [-0.4, -0.2) is 7.05 Å². The molecule has 0 fully saturated rings. The summed E-state index contributed by atoms with van der Waals surface area (Å²) in [4.78, 5) is 1.46. The van der Waals surface area contributed by atoms with Gasteiger partial charge in [-0.3, -0.25) is 0 Å². The van der Waals surface area contributed by atoms with Crippen LogP contribution in [0, 0.1) is 6.92 Å². The van der Waals surface area contributed by atoms with E-state index in [0.717, 1.165) is 0 Å². The third-order valence-corrected chi connectivity index (χ3v) is 3.83. The fourth-order valence-electron chi connectivity index (χ4n) is 1.99. The van der Waals surface area contributed by atoms with E-state index in [4.69, 9.17) is 0 Å². The van der Waals surface area contributed by atoms with Crippen LogP contribution in [-0.2, 0) is 0 Å². The summed E-state index contributed by atoms with van der Waals surface area (Å²) < 4.78 is 0. The molecule has 2 heteroatoms. The zero-order valence-corrected chi connectivity index (χ0v) is 11.0. The molecule has 0 aliphatic rings. The molecule has 1 unspecified atom stereocenters. The lowest BCUT2D eigenvalue weighted by atomic mass is 10.0. The molecule has 1 aromatic rings. The maximum atomic E-state index is 3.43. The zero-order chi connectivity index (χ0) is 11.1. The van der Waals surface area contributed by atoms with Gasteiger partial charge in [-0.2, -0.15) is 0 Å². The number of nitrogens with one attached hydrogen (secondary N) is 1. The van der Waals surface area contributed by atoms with Gasteiger partial charge in [0, 0.05) is 10.9 Å². The Balaban J connectivity index is 2.39. The van der Waals surface area contributed by atoms with Crippen LogP contribution in [0.3, 0.4) is 0 Å². The van der Waals surface area contributed by atoms with Crippen LogP contribution in [0.2, 0.25) is 0 Å². The minimum absolute atomic E-state index is 0.563. The van der Waals surface area contributed by atoms with Crippen LogP contribution in [0.5, 0.6) is 0 Å². The predicted molar refractivity (Wildman–Crippen MR) is 69.6 cm³/mol. The quantitative estimate of drug-likeness (QED) is 0.683. The monoisotopic (exact) mass is 225 g/mol. The van der Waals surface area contributed by atoms with Gasteiger partial charge in [0.15, 0.2) is 0 Å². The maximum absolute atomic E-state index is 3.43. The van der Waals surface area contributed by atoms with E-state index in [1.165, 1.54) is 42.5 Å². The molecule has 1 atom stereocenters. The molecule has 0 aliphatic heterocycles. The Hall–Kier alpha value is -0.340. The molecular weight excluding hydrogens is 202 g/mol. The molecule has 1 nitrogen and oxygen atoms in total. The number of hydrogen-bond acceptors (Lipinski definition) is 2. The lowest BCUT2D eigenvalue weighted by molar-refractivity contribution is 0.505. The number of aryl methyl sites for hydroxylation is 1. The van der Waals surface area contributed by atoms with Gasteiger partial charge in [-0.1, -0.05) is 32.6 Å². The van der Waals surface area contributed by atoms with Crippen LogP contribution < -0.4 is 5.32 Å². The summed E-state index contributed by atoms with van der Waals surface area (Å²) in [7, 11) is 2.07. The Morgan fingerprint density at radius 2 is 2.13 bits per heavy atom. The second kappa shape index (κ2) is 7.02. The van der Waals surface area contributed by atoms with Crippen LogP contribution in [0.25, 0.3) is 0 Å². The summed E-state index contributed by atoms with van der Waals surface area (Å²) in [6.07, 6.45) is 6.68. The van der Waals surface area contributed by atoms with Crippen molar-refractivity contribution in [1.82, 2.24) is 5.32 Å². The second-order valence-corrected chi connectivity index (χ2v) is 5.24. The number of thiophene rings is 1. The van der Waals surface area contributed by atoms with E-state index in [2.05, 4.69) is 37.7 Å². The van der Waals surface area contributed by atoms with Crippen LogP contribution in [0.1, 0.15) is 55.5 Å². The van der Waals surface area contributed by atoms with E-state index in [1.54, 1.807) is 0 Å². The van der Waals surface area contributed by atoms with Gasteiger partial charge < -0.3 is 5.32 Å². The lowest BCUT2D eigenvalue weighted by Crippen LogP contribution is -2.16. The van der Waals surface area contributed by atoms with Gasteiger partial charge in [-0.25, -0.2) is 0 Å². The fraction of sp³-hybridized carbons (Fsp3) is 0.692. The molecule has 1 rings (SSSR count). The fourth-order valence-corrected chi connectivity index (χ4v) is 2.75. The summed E-state index contributed by atoms with van der Waals surface area (Å²) >= 11 is 1.85. The smallest absolute Gasteiger partial charge is 0.0328 e. The molecule has 86 valence electrons. The molecule has 1 N–H and O–H groups in total. The first-order chi connectivity index (χ1) is 7.29. The van der Waals surface area contributed by atoms with Gasteiger partial charge in [0.2, 0.25) is 0 Å². The molecule has 0 saturated heterocycles. The zero-order valence-electron chi connectivity index (χ0n) is 10.2. The Morgan fingerprint density at radius 3 is 2.67 bits per heavy atom. The third kappa shape index (κ3) is 3.96. The predicted octanol–water partition coefficient (Wildman–Crippen LogP) is 4.29. The van der Waals surface area contributed by atoms with Gasteiger partial charge in [0.25, 0.3) is 0 Å². The third-order valence-electron chi connectivity index (χ3n) is 2.97. The van der Waals surface area contributed by atoms with Crippen LogP contribution in [0.4, 0.5) is 0 Å². The van der Waals surface area contributed by atoms with Crippen molar-refractivity contribution in [3.8, 4) is 0 Å². The Kier molecular flexibility index (Phi) is 5.96. The van der Waals surface area contributed by atoms with E-state index < -0.39 is 0 Å². The van der Waals surface area contributed by atoms with Gasteiger partial charge in [-0.05, 0) is 37.4 Å². The summed E-state index contributed by atoms with van der Waals surface area (Å²) in [5, 5.41) is 5.62. The summed E-state index contributed by atoms with van der Waals surface area (Å²) in [6, 6.07) is 2.83. The molecular formula is C13H23NS. The highest BCUT2D eigenvalue weighted by molar-refractivity contribution is 7.10. The van der Waals surface area contributed by atoms with Crippen molar-refractivity contribution < 1.29 is 0 Å². The van der Waals surface area contributed by atoms with E-state index >= 15 is 0 Å². The minimum Gasteiger partial charge on any atom is -0.313 e. The highest BCUT2D eigenvalue weighted by Crippen LogP contribution is 2.26. The van der Waals surface area contributed by atoms with Crippen molar-refractivity contribution in [2.45, 2.75) is 52.0 Å². The molecule has 0 spiro atoms. The first-order valence-electron chi connectivity index (χ1n) is 6.00. The molecule has 0 aromatic carbocycles. The topological polar surface area (TPSA) is 12.0 Å². The van der Waals surface area contributed by atoms with E-state index in [9.17, 15) is 0 Å². The first kappa shape index (κ1) is 12.7. The normalized spacial score (nSPS) is 13.0. The summed E-state index contributed by atoms with van der Waals surface area (Å²) in [5.41, 5.74) is 1.50. The molecule has 0 bridgehead atoms. The van der Waals surface area contributed by atoms with Crippen molar-refractivity contribution in [1.29, 1.82) is 0 Å². The minimum atomic E-state index is 0.563. The van der Waals surface area contributed by atoms with Crippen molar-refractivity contribution in [3.63, 3.8) is 0 Å². The number of hydrogen-bond donors (Lipinski definition) is 1. The number of unbranched alkanes of at least 4 members (excludes halogenated alkanes) is 3. The Morgan fingerprint density at radius 1 is 1.33 bits per heavy atom. The van der Waals surface area contributed by atoms with Crippen molar-refractivity contribution >= 4 is 11.3 Å². The average Bonchev–Trinajstić information content (AvgIpc) is 2.65. The maximum Gasteiger partial charge on any atom is 0.0328 e. The van der Waals surface area contributed by atoms with Crippen molar-refractivity contribution in [3.05, 3.63) is 21.9 Å². The molecule has 0 aliphatic carbocycles. The highest BCUT2D eigenvalue weighted by atomic mass is 32.1. The van der Waals surface area contributed by atoms with Crippen molar-refractivity contribution in [2.75, 3.05) is 7.05 Å². The Bertz CT molecular complexity index is 267. The SMILES string of the molecule is CCCCCCC(NC)c1ccsc1C. The number of rotatable bonds is 7. The summed E-state index contributed by atoms with van der Waals surface area (Å²) in [6.45, 7) is 4.48. The lowest BCUT2D eigenvalue weighted by Gasteiger charge is -2.16. The Labute approximate surface area is 97.9 Å². The van der Waals surface area contributed by atoms with Crippen molar-refractivity contribution in [2.24, 2.45) is 0 Å². The molecule has 0 amide bonds. The first-order valence-corrected chi connectivity index (χ1v) is 6.88. The van der Waals surface area contributed by atoms with Crippen LogP contribution in [0.15, 0.2) is 11.4 Å².